The van der Waals surface area contributed by atoms with Gasteiger partial charge in [-0.3, -0.25) is 0 Å². The fourth-order valence-electron chi connectivity index (χ4n) is 2.46. The van der Waals surface area contributed by atoms with Crippen molar-refractivity contribution in [1.29, 1.82) is 0 Å². The predicted octanol–water partition coefficient (Wildman–Crippen LogP) is 0.806. The van der Waals surface area contributed by atoms with E-state index in [0.717, 1.165) is 24.2 Å². The lowest BCUT2D eigenvalue weighted by molar-refractivity contribution is -0.0448. The second kappa shape index (κ2) is 13.7. The van der Waals surface area contributed by atoms with Gasteiger partial charge < -0.3 is 23.8 Å². The third kappa shape index (κ3) is 10.9. The zero-order valence-corrected chi connectivity index (χ0v) is 18.5. The first-order chi connectivity index (χ1) is 10.5. The molecule has 0 heterocycles. The molecule has 0 radical (unpaired) electrons. The molecular weight excluding hydrogens is 314 g/mol. The molecule has 0 fully saturated rings. The van der Waals surface area contributed by atoms with E-state index >= 15 is 0 Å². The van der Waals surface area contributed by atoms with Crippen LogP contribution in [0.3, 0.4) is 0 Å². The van der Waals surface area contributed by atoms with Crippen molar-refractivity contribution in [2.24, 2.45) is 0 Å². The van der Waals surface area contributed by atoms with E-state index in [1.807, 2.05) is 0 Å². The summed E-state index contributed by atoms with van der Waals surface area (Å²) in [6, 6.07) is 0. The molecule has 0 N–H and O–H groups in total. The predicted molar refractivity (Wildman–Crippen MR) is 98.3 cm³/mol. The van der Waals surface area contributed by atoms with Gasteiger partial charge in [0.15, 0.2) is 0 Å². The van der Waals surface area contributed by atoms with Gasteiger partial charge in [-0.1, -0.05) is 13.8 Å². The molecule has 0 aromatic heterocycles. The molecule has 0 amide bonds. The normalized spacial score (nSPS) is 16.1. The molecule has 0 aliphatic carbocycles. The average molecular weight is 352 g/mol. The molecule has 0 aliphatic heterocycles. The van der Waals surface area contributed by atoms with Crippen LogP contribution < -0.4 is 0 Å². The minimum Gasteiger partial charge on any atom is -0.360 e. The van der Waals surface area contributed by atoms with Gasteiger partial charge in [0, 0.05) is 28.4 Å². The Morgan fingerprint density at radius 1 is 0.727 bits per heavy atom. The summed E-state index contributed by atoms with van der Waals surface area (Å²) in [6.45, 7) is 6.95. The first-order valence-corrected chi connectivity index (χ1v) is 11.5. The highest BCUT2D eigenvalue weighted by Crippen LogP contribution is 2.14. The fraction of sp³-hybridized carbons (Fsp3) is 1.00. The highest BCUT2D eigenvalue weighted by molar-refractivity contribution is 6.38. The number of methoxy groups -OCH3 is 4. The molecule has 22 heavy (non-hydrogen) atoms. The van der Waals surface area contributed by atoms with Gasteiger partial charge >= 0.3 is 0 Å². The third-order valence-electron chi connectivity index (χ3n) is 4.25. The van der Waals surface area contributed by atoms with E-state index in [0.29, 0.717) is 0 Å². The van der Waals surface area contributed by atoms with Crippen LogP contribution in [0.5, 0.6) is 0 Å². The van der Waals surface area contributed by atoms with Crippen LogP contribution in [0.4, 0.5) is 0 Å². The van der Waals surface area contributed by atoms with Gasteiger partial charge in [0.2, 0.25) is 0 Å². The standard InChI is InChI=1S/C15H37NO4Si2/c1-12(21-14(17-4)18-5)8-10-16(3)11-9-13(2)22-15(19-6)20-7/h12-15H,8-11,21-22H2,1-7H3. The molecule has 5 nitrogen and oxygen atoms in total. The van der Waals surface area contributed by atoms with Crippen LogP contribution in [-0.4, -0.2) is 84.3 Å². The first-order valence-electron chi connectivity index (χ1n) is 8.26. The van der Waals surface area contributed by atoms with Crippen molar-refractivity contribution in [3.63, 3.8) is 0 Å². The minimum absolute atomic E-state index is 0.0614. The number of nitrogens with zero attached hydrogens (tertiary/aromatic N) is 1. The molecule has 0 spiro atoms. The molecule has 0 aromatic rings. The Morgan fingerprint density at radius 3 is 1.32 bits per heavy atom. The smallest absolute Gasteiger partial charge is 0.134 e. The highest BCUT2D eigenvalue weighted by Gasteiger charge is 2.15. The van der Waals surface area contributed by atoms with Crippen LogP contribution in [0, 0.1) is 0 Å². The van der Waals surface area contributed by atoms with Gasteiger partial charge in [-0.15, -0.1) is 0 Å². The summed E-state index contributed by atoms with van der Waals surface area (Å²) < 4.78 is 21.3. The SMILES string of the molecule is COC(OC)[SiH2]C(C)CCN(C)CCC(C)[SiH2]C(OC)OC. The molecular formula is C15H37NO4Si2. The number of rotatable bonds is 14. The van der Waals surface area contributed by atoms with Gasteiger partial charge in [0.05, 0.1) is 19.0 Å². The van der Waals surface area contributed by atoms with E-state index in [4.69, 9.17) is 18.9 Å². The zero-order valence-electron chi connectivity index (χ0n) is 15.6. The Labute approximate surface area is 141 Å². The lowest BCUT2D eigenvalue weighted by Gasteiger charge is -2.23. The van der Waals surface area contributed by atoms with Crippen molar-refractivity contribution in [3.8, 4) is 0 Å². The summed E-state index contributed by atoms with van der Waals surface area (Å²) in [4.78, 5) is 2.44. The summed E-state index contributed by atoms with van der Waals surface area (Å²) in [7, 11) is 8.47. The van der Waals surface area contributed by atoms with Crippen molar-refractivity contribution in [1.82, 2.24) is 4.90 Å². The molecule has 0 aromatic carbocycles. The molecule has 0 saturated heterocycles. The quantitative estimate of drug-likeness (QED) is 0.342. The van der Waals surface area contributed by atoms with E-state index in [2.05, 4.69) is 25.8 Å². The number of hydrogen-bond acceptors (Lipinski definition) is 5. The third-order valence-corrected chi connectivity index (χ3v) is 8.78. The largest absolute Gasteiger partial charge is 0.360 e. The summed E-state index contributed by atoms with van der Waals surface area (Å²) in [5, 5.41) is 0. The van der Waals surface area contributed by atoms with Gasteiger partial charge in [-0.2, -0.15) is 0 Å². The van der Waals surface area contributed by atoms with Gasteiger partial charge in [-0.05, 0) is 44.1 Å². The summed E-state index contributed by atoms with van der Waals surface area (Å²) in [5.74, 6) is 0.123. The van der Waals surface area contributed by atoms with E-state index in [9.17, 15) is 0 Å². The molecule has 2 atom stereocenters. The topological polar surface area (TPSA) is 40.2 Å². The Morgan fingerprint density at radius 2 is 1.05 bits per heavy atom. The number of ether oxygens (including phenoxy) is 4. The van der Waals surface area contributed by atoms with Crippen molar-refractivity contribution >= 4 is 19.0 Å². The van der Waals surface area contributed by atoms with E-state index < -0.39 is 0 Å². The summed E-state index contributed by atoms with van der Waals surface area (Å²) >= 11 is 0. The lowest BCUT2D eigenvalue weighted by Crippen LogP contribution is -2.29. The summed E-state index contributed by atoms with van der Waals surface area (Å²) in [6.07, 6.45) is 2.47. The molecule has 2 unspecified atom stereocenters. The Bertz CT molecular complexity index is 230. The Hall–Kier alpha value is 0.234. The van der Waals surface area contributed by atoms with Crippen LogP contribution in [-0.2, 0) is 18.9 Å². The Balaban J connectivity index is 3.82. The fourth-order valence-corrected chi connectivity index (χ4v) is 5.38. The van der Waals surface area contributed by atoms with Crippen molar-refractivity contribution < 1.29 is 18.9 Å². The van der Waals surface area contributed by atoms with Crippen molar-refractivity contribution in [3.05, 3.63) is 0 Å². The summed E-state index contributed by atoms with van der Waals surface area (Å²) in [5.41, 5.74) is 1.48. The second-order valence-electron chi connectivity index (χ2n) is 6.36. The molecule has 0 rings (SSSR count). The van der Waals surface area contributed by atoms with Crippen molar-refractivity contribution in [2.45, 2.75) is 49.6 Å². The van der Waals surface area contributed by atoms with Crippen LogP contribution >= 0.6 is 0 Å². The van der Waals surface area contributed by atoms with Crippen LogP contribution in [0.1, 0.15) is 26.7 Å². The van der Waals surface area contributed by atoms with Crippen LogP contribution in [0.25, 0.3) is 0 Å². The van der Waals surface area contributed by atoms with Crippen LogP contribution in [0.2, 0.25) is 11.1 Å². The zero-order chi connectivity index (χ0) is 17.0. The molecule has 7 heteroatoms. The van der Waals surface area contributed by atoms with E-state index in [1.54, 1.807) is 28.4 Å². The Kier molecular flexibility index (Phi) is 13.8. The van der Waals surface area contributed by atoms with Crippen LogP contribution in [0.15, 0.2) is 0 Å². The maximum absolute atomic E-state index is 5.32. The lowest BCUT2D eigenvalue weighted by atomic mass is 10.3. The molecule has 134 valence electrons. The first kappa shape index (κ1) is 22.2. The highest BCUT2D eigenvalue weighted by atomic mass is 28.2. The van der Waals surface area contributed by atoms with Gasteiger partial charge in [-0.25, -0.2) is 0 Å². The van der Waals surface area contributed by atoms with E-state index in [1.165, 1.54) is 12.8 Å². The maximum Gasteiger partial charge on any atom is 0.134 e. The maximum atomic E-state index is 5.32. The molecule has 0 bridgehead atoms. The molecule has 0 aliphatic rings. The molecule has 0 saturated carbocycles. The monoisotopic (exact) mass is 351 g/mol. The average Bonchev–Trinajstić information content (AvgIpc) is 2.53. The van der Waals surface area contributed by atoms with Gasteiger partial charge in [0.25, 0.3) is 0 Å². The second-order valence-corrected chi connectivity index (χ2v) is 11.4. The van der Waals surface area contributed by atoms with Gasteiger partial charge in [0.1, 0.15) is 11.8 Å². The number of hydrogen-bond donors (Lipinski definition) is 0. The van der Waals surface area contributed by atoms with E-state index in [-0.39, 0.29) is 30.9 Å². The van der Waals surface area contributed by atoms with Crippen molar-refractivity contribution in [2.75, 3.05) is 48.6 Å². The minimum atomic E-state index is -0.342.